The van der Waals surface area contributed by atoms with E-state index in [1.165, 1.54) is 30.2 Å². The van der Waals surface area contributed by atoms with E-state index in [4.69, 9.17) is 9.47 Å². The summed E-state index contributed by atoms with van der Waals surface area (Å²) in [5.41, 5.74) is 1.03. The molecule has 9 nitrogen and oxygen atoms in total. The van der Waals surface area contributed by atoms with Crippen LogP contribution in [0.2, 0.25) is 0 Å². The van der Waals surface area contributed by atoms with Gasteiger partial charge in [-0.15, -0.1) is 11.8 Å². The average Bonchev–Trinajstić information content (AvgIpc) is 2.98. The van der Waals surface area contributed by atoms with Gasteiger partial charge in [0.1, 0.15) is 6.54 Å². The molecule has 11 heteroatoms. The second kappa shape index (κ2) is 12.7. The van der Waals surface area contributed by atoms with Crippen molar-refractivity contribution in [3.05, 3.63) is 28.6 Å². The average molecular weight is 508 g/mol. The molecule has 1 aliphatic heterocycles. The minimum Gasteiger partial charge on any atom is -0.468 e. The highest BCUT2D eigenvalue weighted by Crippen LogP contribution is 2.20. The van der Waals surface area contributed by atoms with Crippen LogP contribution < -0.4 is 4.80 Å². The zero-order chi connectivity index (χ0) is 24.5. The predicted molar refractivity (Wildman–Crippen MR) is 131 cm³/mol. The maximum absolute atomic E-state index is 12.6. The Morgan fingerprint density at radius 3 is 2.50 bits per heavy atom. The molecule has 1 aromatic carbocycles. The van der Waals surface area contributed by atoms with Gasteiger partial charge in [-0.2, -0.15) is 4.99 Å². The first-order valence-electron chi connectivity index (χ1n) is 11.2. The molecule has 0 unspecified atom stereocenters. The molecule has 0 N–H and O–H groups in total. The van der Waals surface area contributed by atoms with E-state index < -0.39 is 17.8 Å². The van der Waals surface area contributed by atoms with Crippen LogP contribution in [0.15, 0.2) is 23.2 Å². The van der Waals surface area contributed by atoms with E-state index in [0.29, 0.717) is 20.6 Å². The minimum absolute atomic E-state index is 0.0498. The zero-order valence-corrected chi connectivity index (χ0v) is 21.0. The second-order valence-electron chi connectivity index (χ2n) is 7.74. The molecular formula is C23H29N3O6S2. The first-order chi connectivity index (χ1) is 16.4. The van der Waals surface area contributed by atoms with Gasteiger partial charge in [0, 0.05) is 13.1 Å². The van der Waals surface area contributed by atoms with Crippen molar-refractivity contribution in [1.82, 2.24) is 9.47 Å². The molecule has 184 valence electrons. The fourth-order valence-electron chi connectivity index (χ4n) is 3.62. The van der Waals surface area contributed by atoms with Gasteiger partial charge in [0.25, 0.3) is 5.91 Å². The summed E-state index contributed by atoms with van der Waals surface area (Å²) >= 11 is 2.43. The molecule has 2 amide bonds. The lowest BCUT2D eigenvalue weighted by Crippen LogP contribution is -2.33. The largest absolute Gasteiger partial charge is 0.468 e. The number of methoxy groups -OCH3 is 1. The van der Waals surface area contributed by atoms with Gasteiger partial charge in [-0.3, -0.25) is 14.4 Å². The topological polar surface area (TPSA) is 107 Å². The molecule has 0 atom stereocenters. The number of amides is 2. The van der Waals surface area contributed by atoms with E-state index in [0.717, 1.165) is 38.8 Å². The summed E-state index contributed by atoms with van der Waals surface area (Å²) in [4.78, 5) is 55.4. The van der Waals surface area contributed by atoms with Gasteiger partial charge in [0.15, 0.2) is 4.80 Å². The van der Waals surface area contributed by atoms with Crippen molar-refractivity contribution in [3.63, 3.8) is 0 Å². The molecule has 0 saturated carbocycles. The molecule has 1 fully saturated rings. The molecule has 34 heavy (non-hydrogen) atoms. The summed E-state index contributed by atoms with van der Waals surface area (Å²) in [6.07, 6.45) is 4.34. The number of hydrogen-bond acceptors (Lipinski definition) is 8. The third-order valence-electron chi connectivity index (χ3n) is 5.34. The predicted octanol–water partition coefficient (Wildman–Crippen LogP) is 2.62. The van der Waals surface area contributed by atoms with Gasteiger partial charge in [0.05, 0.1) is 41.0 Å². The molecule has 1 saturated heterocycles. The number of ether oxygens (including phenoxy) is 2. The molecule has 0 bridgehead atoms. The number of aromatic nitrogens is 1. The van der Waals surface area contributed by atoms with Crippen molar-refractivity contribution in [2.45, 2.75) is 39.2 Å². The third-order valence-corrected chi connectivity index (χ3v) is 7.28. The van der Waals surface area contributed by atoms with Crippen molar-refractivity contribution in [1.29, 1.82) is 0 Å². The van der Waals surface area contributed by atoms with E-state index in [9.17, 15) is 19.2 Å². The molecule has 3 rings (SSSR count). The summed E-state index contributed by atoms with van der Waals surface area (Å²) in [5, 5.41) is 0. The van der Waals surface area contributed by atoms with Gasteiger partial charge in [-0.05, 0) is 38.0 Å². The van der Waals surface area contributed by atoms with Crippen molar-refractivity contribution in [2.24, 2.45) is 4.99 Å². The van der Waals surface area contributed by atoms with Crippen LogP contribution >= 0.6 is 23.1 Å². The monoisotopic (exact) mass is 507 g/mol. The van der Waals surface area contributed by atoms with E-state index in [2.05, 4.69) is 4.99 Å². The molecule has 1 aliphatic rings. The molecule has 0 radical (unpaired) electrons. The van der Waals surface area contributed by atoms with Crippen molar-refractivity contribution >= 4 is 57.1 Å². The zero-order valence-electron chi connectivity index (χ0n) is 19.4. The van der Waals surface area contributed by atoms with Gasteiger partial charge < -0.3 is 18.9 Å². The van der Waals surface area contributed by atoms with Crippen LogP contribution in [-0.4, -0.2) is 71.5 Å². The van der Waals surface area contributed by atoms with Gasteiger partial charge in [-0.25, -0.2) is 4.79 Å². The number of benzene rings is 1. The number of rotatable bonds is 8. The van der Waals surface area contributed by atoms with Crippen LogP contribution in [0.4, 0.5) is 0 Å². The summed E-state index contributed by atoms with van der Waals surface area (Å²) in [6.45, 7) is 3.42. The Labute approximate surface area is 206 Å². The third kappa shape index (κ3) is 6.92. The van der Waals surface area contributed by atoms with Crippen molar-refractivity contribution in [2.75, 3.05) is 38.3 Å². The number of nitrogens with zero attached hydrogens (tertiary/aromatic N) is 3. The van der Waals surface area contributed by atoms with Crippen molar-refractivity contribution < 1.29 is 28.7 Å². The Kier molecular flexibility index (Phi) is 9.70. The molecule has 2 aromatic rings. The van der Waals surface area contributed by atoms with Crippen molar-refractivity contribution in [3.8, 4) is 0 Å². The Morgan fingerprint density at radius 2 is 1.82 bits per heavy atom. The standard InChI is InChI=1S/C23H29N3O6S2/c1-3-32-22(30)16-8-9-17-18(12-16)34-23(26(17)13-21(29)31-2)24-19(27)14-33-15-20(28)25-10-6-4-5-7-11-25/h8-9,12H,3-7,10-11,13-15H2,1-2H3. The Morgan fingerprint density at radius 1 is 1.09 bits per heavy atom. The lowest BCUT2D eigenvalue weighted by molar-refractivity contribution is -0.141. The van der Waals surface area contributed by atoms with E-state index in [-0.39, 0.29) is 30.6 Å². The van der Waals surface area contributed by atoms with Gasteiger partial charge in [-0.1, -0.05) is 24.2 Å². The summed E-state index contributed by atoms with van der Waals surface area (Å²) in [7, 11) is 1.29. The second-order valence-corrected chi connectivity index (χ2v) is 9.74. The minimum atomic E-state index is -0.486. The molecule has 0 aliphatic carbocycles. The number of carbonyl (C=O) groups excluding carboxylic acids is 4. The summed E-state index contributed by atoms with van der Waals surface area (Å²) in [6, 6.07) is 4.96. The van der Waals surface area contributed by atoms with E-state index in [1.54, 1.807) is 29.7 Å². The van der Waals surface area contributed by atoms with Crippen LogP contribution in [0.25, 0.3) is 10.2 Å². The number of thioether (sulfide) groups is 1. The Balaban J connectivity index is 1.75. The number of likely N-dealkylation sites (tertiary alicyclic amines) is 1. The molecule has 0 spiro atoms. The number of fused-ring (bicyclic) bond motifs is 1. The Hall–Kier alpha value is -2.66. The SMILES string of the molecule is CCOC(=O)c1ccc2c(c1)sc(=NC(=O)CSCC(=O)N1CCCCCC1)n2CC(=O)OC. The number of thiazole rings is 1. The number of esters is 2. The van der Waals surface area contributed by atoms with E-state index >= 15 is 0 Å². The molecule has 2 heterocycles. The fourth-order valence-corrected chi connectivity index (χ4v) is 5.41. The number of hydrogen-bond donors (Lipinski definition) is 0. The first-order valence-corrected chi connectivity index (χ1v) is 13.2. The lowest BCUT2D eigenvalue weighted by Gasteiger charge is -2.19. The quantitative estimate of drug-likeness (QED) is 0.506. The lowest BCUT2D eigenvalue weighted by atomic mass is 10.2. The van der Waals surface area contributed by atoms with Crippen LogP contribution in [0.3, 0.4) is 0 Å². The maximum Gasteiger partial charge on any atom is 0.338 e. The maximum atomic E-state index is 12.6. The summed E-state index contributed by atoms with van der Waals surface area (Å²) in [5.74, 6) is -0.991. The fraction of sp³-hybridized carbons (Fsp3) is 0.522. The molecular weight excluding hydrogens is 478 g/mol. The van der Waals surface area contributed by atoms with Gasteiger partial charge in [0.2, 0.25) is 5.91 Å². The van der Waals surface area contributed by atoms with Crippen LogP contribution in [0.1, 0.15) is 43.0 Å². The van der Waals surface area contributed by atoms with Crippen LogP contribution in [-0.2, 0) is 30.4 Å². The van der Waals surface area contributed by atoms with Crippen LogP contribution in [0.5, 0.6) is 0 Å². The smallest absolute Gasteiger partial charge is 0.338 e. The highest BCUT2D eigenvalue weighted by atomic mass is 32.2. The van der Waals surface area contributed by atoms with Gasteiger partial charge >= 0.3 is 11.9 Å². The number of carbonyl (C=O) groups is 4. The molecule has 1 aromatic heterocycles. The summed E-state index contributed by atoms with van der Waals surface area (Å²) < 4.78 is 12.1. The highest BCUT2D eigenvalue weighted by molar-refractivity contribution is 8.00. The van der Waals surface area contributed by atoms with E-state index in [1.807, 2.05) is 4.90 Å². The van der Waals surface area contributed by atoms with Crippen LogP contribution in [0, 0.1) is 0 Å². The normalized spacial score (nSPS) is 14.6. The first kappa shape index (κ1) is 26.0. The highest BCUT2D eigenvalue weighted by Gasteiger charge is 2.17. The Bertz CT molecular complexity index is 1120.